The second-order valence-electron chi connectivity index (χ2n) is 6.86. The van der Waals surface area contributed by atoms with E-state index >= 15 is 0 Å². The molecule has 1 heterocycles. The molecule has 6 heteroatoms. The van der Waals surface area contributed by atoms with E-state index in [1.165, 1.54) is 6.07 Å². The maximum absolute atomic E-state index is 11.1. The summed E-state index contributed by atoms with van der Waals surface area (Å²) in [6, 6.07) is 10.1. The first-order chi connectivity index (χ1) is 11.3. The summed E-state index contributed by atoms with van der Waals surface area (Å²) in [4.78, 5) is 10.7. The number of hydrogen-bond donors (Lipinski definition) is 2. The van der Waals surface area contributed by atoms with Gasteiger partial charge in [0.15, 0.2) is 0 Å². The lowest BCUT2D eigenvalue weighted by Crippen LogP contribution is -2.31. The molecule has 2 aromatic rings. The largest absolute Gasteiger partial charge is 0.459 e. The number of aliphatic hydroxyl groups is 1. The third-order valence-electron chi connectivity index (χ3n) is 3.78. The second kappa shape index (κ2) is 7.59. The lowest BCUT2D eigenvalue weighted by molar-refractivity contribution is -0.384. The molecule has 2 rings (SSSR count). The van der Waals surface area contributed by atoms with Crippen molar-refractivity contribution in [3.05, 3.63) is 52.3 Å². The van der Waals surface area contributed by atoms with Crippen molar-refractivity contribution >= 4 is 5.69 Å². The van der Waals surface area contributed by atoms with Gasteiger partial charge in [0.25, 0.3) is 5.69 Å². The number of nitrogens with zero attached hydrogens (tertiary/aromatic N) is 1. The van der Waals surface area contributed by atoms with E-state index in [1.807, 2.05) is 6.07 Å². The highest BCUT2D eigenvalue weighted by Crippen LogP contribution is 2.30. The fourth-order valence-electron chi connectivity index (χ4n) is 2.85. The summed E-state index contributed by atoms with van der Waals surface area (Å²) in [6.45, 7) is 7.23. The van der Waals surface area contributed by atoms with Gasteiger partial charge in [-0.2, -0.15) is 0 Å². The van der Waals surface area contributed by atoms with Crippen molar-refractivity contribution in [1.29, 1.82) is 0 Å². The van der Waals surface area contributed by atoms with Crippen LogP contribution in [0, 0.1) is 15.5 Å². The van der Waals surface area contributed by atoms with E-state index in [0.717, 1.165) is 12.3 Å². The van der Waals surface area contributed by atoms with Crippen molar-refractivity contribution in [2.24, 2.45) is 5.41 Å². The van der Waals surface area contributed by atoms with Crippen LogP contribution in [-0.4, -0.2) is 22.7 Å². The molecule has 0 amide bonds. The first kappa shape index (κ1) is 18.2. The Kier molecular flexibility index (Phi) is 5.75. The van der Waals surface area contributed by atoms with E-state index in [0.29, 0.717) is 24.3 Å². The van der Waals surface area contributed by atoms with E-state index in [4.69, 9.17) is 4.42 Å². The van der Waals surface area contributed by atoms with Crippen LogP contribution in [0.5, 0.6) is 0 Å². The molecule has 2 N–H and O–H groups in total. The van der Waals surface area contributed by atoms with Gasteiger partial charge in [0.2, 0.25) is 0 Å². The normalized spacial score (nSPS) is 13.0. The predicted molar refractivity (Wildman–Crippen MR) is 92.6 cm³/mol. The maximum Gasteiger partial charge on any atom is 0.280 e. The third kappa shape index (κ3) is 4.91. The Bertz CT molecular complexity index is 692. The van der Waals surface area contributed by atoms with E-state index in [2.05, 4.69) is 19.2 Å². The number of nitro benzene ring substituents is 1. The Hall–Kier alpha value is -2.18. The molecule has 0 aliphatic rings. The SMILES string of the molecule is CC(O)CC(C)(C)CNCc1ccc(-c2ccccc2[N+](=O)[O-])o1. The number of para-hydroxylation sites is 1. The molecule has 0 radical (unpaired) electrons. The van der Waals surface area contributed by atoms with Crippen molar-refractivity contribution in [2.75, 3.05) is 6.54 Å². The van der Waals surface area contributed by atoms with E-state index in [1.54, 1.807) is 31.2 Å². The number of aliphatic hydroxyl groups excluding tert-OH is 1. The van der Waals surface area contributed by atoms with Gasteiger partial charge >= 0.3 is 0 Å². The zero-order valence-electron chi connectivity index (χ0n) is 14.3. The van der Waals surface area contributed by atoms with Crippen LogP contribution in [0.15, 0.2) is 40.8 Å². The Labute approximate surface area is 141 Å². The van der Waals surface area contributed by atoms with Crippen LogP contribution < -0.4 is 5.32 Å². The molecule has 1 atom stereocenters. The lowest BCUT2D eigenvalue weighted by atomic mass is 9.87. The van der Waals surface area contributed by atoms with Crippen LogP contribution in [0.25, 0.3) is 11.3 Å². The van der Waals surface area contributed by atoms with Gasteiger partial charge in [-0.15, -0.1) is 0 Å². The average molecular weight is 332 g/mol. The van der Waals surface area contributed by atoms with E-state index < -0.39 is 4.92 Å². The predicted octanol–water partition coefficient (Wildman–Crippen LogP) is 3.74. The smallest absolute Gasteiger partial charge is 0.280 e. The highest BCUT2D eigenvalue weighted by molar-refractivity contribution is 5.69. The minimum Gasteiger partial charge on any atom is -0.459 e. The summed E-state index contributed by atoms with van der Waals surface area (Å²) in [5.74, 6) is 1.21. The molecular formula is C18H24N2O4. The topological polar surface area (TPSA) is 88.5 Å². The summed E-state index contributed by atoms with van der Waals surface area (Å²) in [5.41, 5.74) is 0.481. The van der Waals surface area contributed by atoms with Crippen LogP contribution >= 0.6 is 0 Å². The Morgan fingerprint density at radius 1 is 1.29 bits per heavy atom. The first-order valence-corrected chi connectivity index (χ1v) is 8.00. The first-order valence-electron chi connectivity index (χ1n) is 8.00. The summed E-state index contributed by atoms with van der Waals surface area (Å²) in [6.07, 6.45) is 0.371. The number of furan rings is 1. The fraction of sp³-hybridized carbons (Fsp3) is 0.444. The van der Waals surface area contributed by atoms with Crippen molar-refractivity contribution in [1.82, 2.24) is 5.32 Å². The number of rotatable bonds is 8. The molecule has 1 aromatic carbocycles. The van der Waals surface area contributed by atoms with Gasteiger partial charge in [0.1, 0.15) is 11.5 Å². The van der Waals surface area contributed by atoms with Gasteiger partial charge in [-0.25, -0.2) is 0 Å². The molecule has 24 heavy (non-hydrogen) atoms. The maximum atomic E-state index is 11.1. The molecule has 130 valence electrons. The van der Waals surface area contributed by atoms with Gasteiger partial charge < -0.3 is 14.8 Å². The highest BCUT2D eigenvalue weighted by atomic mass is 16.6. The summed E-state index contributed by atoms with van der Waals surface area (Å²) >= 11 is 0. The third-order valence-corrected chi connectivity index (χ3v) is 3.78. The quantitative estimate of drug-likeness (QED) is 0.568. The van der Waals surface area contributed by atoms with Gasteiger partial charge in [-0.3, -0.25) is 10.1 Å². The van der Waals surface area contributed by atoms with Crippen molar-refractivity contribution < 1.29 is 14.4 Å². The lowest BCUT2D eigenvalue weighted by Gasteiger charge is -2.26. The van der Waals surface area contributed by atoms with Crippen LogP contribution in [0.4, 0.5) is 5.69 Å². The van der Waals surface area contributed by atoms with Gasteiger partial charge in [-0.05, 0) is 37.0 Å². The molecule has 0 aliphatic carbocycles. The van der Waals surface area contributed by atoms with Crippen molar-refractivity contribution in [3.63, 3.8) is 0 Å². The van der Waals surface area contributed by atoms with E-state index in [-0.39, 0.29) is 17.2 Å². The summed E-state index contributed by atoms with van der Waals surface area (Å²) in [7, 11) is 0. The van der Waals surface area contributed by atoms with Crippen LogP contribution in [0.1, 0.15) is 33.0 Å². The summed E-state index contributed by atoms with van der Waals surface area (Å²) in [5, 5.41) is 23.9. The Balaban J connectivity index is 2.01. The number of benzene rings is 1. The summed E-state index contributed by atoms with van der Waals surface area (Å²) < 4.78 is 5.74. The monoisotopic (exact) mass is 332 g/mol. The molecule has 0 spiro atoms. The molecule has 0 saturated carbocycles. The molecular weight excluding hydrogens is 308 g/mol. The number of nitrogens with one attached hydrogen (secondary N) is 1. The molecule has 0 aliphatic heterocycles. The molecule has 1 unspecified atom stereocenters. The standard InChI is InChI=1S/C18H24N2O4/c1-13(21)10-18(2,3)12-19-11-14-8-9-17(24-14)15-6-4-5-7-16(15)20(22)23/h4-9,13,19,21H,10-12H2,1-3H3. The molecule has 0 fully saturated rings. The minimum atomic E-state index is -0.408. The van der Waals surface area contributed by atoms with Crippen molar-refractivity contribution in [2.45, 2.75) is 39.8 Å². The number of nitro groups is 1. The Morgan fingerprint density at radius 2 is 2.00 bits per heavy atom. The average Bonchev–Trinajstić information content (AvgIpc) is 2.94. The van der Waals surface area contributed by atoms with Gasteiger partial charge in [-0.1, -0.05) is 26.0 Å². The van der Waals surface area contributed by atoms with Gasteiger partial charge in [0.05, 0.1) is 23.1 Å². The van der Waals surface area contributed by atoms with Gasteiger partial charge in [0, 0.05) is 12.6 Å². The molecule has 0 saturated heterocycles. The molecule has 6 nitrogen and oxygen atoms in total. The van der Waals surface area contributed by atoms with Crippen LogP contribution in [0.2, 0.25) is 0 Å². The molecule has 1 aromatic heterocycles. The van der Waals surface area contributed by atoms with Crippen LogP contribution in [0.3, 0.4) is 0 Å². The molecule has 0 bridgehead atoms. The Morgan fingerprint density at radius 3 is 2.67 bits per heavy atom. The number of hydrogen-bond acceptors (Lipinski definition) is 5. The van der Waals surface area contributed by atoms with Crippen LogP contribution in [-0.2, 0) is 6.54 Å². The zero-order valence-corrected chi connectivity index (χ0v) is 14.3. The minimum absolute atomic E-state index is 0.0260. The second-order valence-corrected chi connectivity index (χ2v) is 6.86. The zero-order chi connectivity index (χ0) is 17.7. The van der Waals surface area contributed by atoms with Crippen molar-refractivity contribution in [3.8, 4) is 11.3 Å². The fourth-order valence-corrected chi connectivity index (χ4v) is 2.85. The highest BCUT2D eigenvalue weighted by Gasteiger charge is 2.20. The van der Waals surface area contributed by atoms with E-state index in [9.17, 15) is 15.2 Å².